The van der Waals surface area contributed by atoms with Gasteiger partial charge in [0.2, 0.25) is 5.88 Å². The quantitative estimate of drug-likeness (QED) is 0.874. The molecule has 3 nitrogen and oxygen atoms in total. The number of hydrogen-bond donors (Lipinski definition) is 1. The van der Waals surface area contributed by atoms with Gasteiger partial charge in [0, 0.05) is 12.7 Å². The zero-order valence-electron chi connectivity index (χ0n) is 10.3. The topological polar surface area (TPSA) is 38.0 Å². The minimum Gasteiger partial charge on any atom is -0.492 e. The van der Waals surface area contributed by atoms with Crippen molar-refractivity contribution in [2.75, 3.05) is 0 Å². The molecule has 0 aliphatic carbocycles. The molecule has 0 aliphatic rings. The van der Waals surface area contributed by atoms with E-state index in [1.807, 2.05) is 42.1 Å². The van der Waals surface area contributed by atoms with Crippen LogP contribution in [0.2, 0.25) is 0 Å². The highest BCUT2D eigenvalue weighted by molar-refractivity contribution is 5.67. The number of rotatable bonds is 4. The van der Waals surface area contributed by atoms with Crippen molar-refractivity contribution in [3.8, 4) is 17.0 Å². The average Bonchev–Trinajstić information content (AvgIpc) is 2.69. The molecule has 0 saturated heterocycles. The minimum absolute atomic E-state index is 0.116. The van der Waals surface area contributed by atoms with Crippen molar-refractivity contribution in [3.05, 3.63) is 36.0 Å². The van der Waals surface area contributed by atoms with Gasteiger partial charge in [-0.2, -0.15) is 0 Å². The Bertz CT molecular complexity index is 485. The Morgan fingerprint density at radius 1 is 1.24 bits per heavy atom. The largest absolute Gasteiger partial charge is 0.492 e. The highest BCUT2D eigenvalue weighted by atomic mass is 16.3. The fourth-order valence-corrected chi connectivity index (χ4v) is 1.78. The summed E-state index contributed by atoms with van der Waals surface area (Å²) in [4.78, 5) is 0. The number of aryl methyl sites for hydroxylation is 2. The predicted octanol–water partition coefficient (Wildman–Crippen LogP) is 3.36. The van der Waals surface area contributed by atoms with Gasteiger partial charge in [0.1, 0.15) is 0 Å². The zero-order valence-corrected chi connectivity index (χ0v) is 10.3. The monoisotopic (exact) mass is 230 g/mol. The molecule has 0 unspecified atom stereocenters. The number of unbranched alkanes of at least 4 members (excludes halogenated alkanes) is 1. The lowest BCUT2D eigenvalue weighted by Crippen LogP contribution is -1.97. The van der Waals surface area contributed by atoms with Crippen molar-refractivity contribution in [2.24, 2.45) is 0 Å². The molecule has 0 spiro atoms. The standard InChI is InChI=1S/C14H18N2O/c1-3-4-9-16-10-13(14(17)15-16)12-7-5-11(2)6-8-12/h5-8,10H,3-4,9H2,1-2H3,(H,15,17). The Balaban J connectivity index is 2.26. The van der Waals surface area contributed by atoms with E-state index in [1.165, 1.54) is 5.56 Å². The van der Waals surface area contributed by atoms with Crippen molar-refractivity contribution in [1.82, 2.24) is 9.78 Å². The number of aromatic hydroxyl groups is 1. The van der Waals surface area contributed by atoms with E-state index in [9.17, 15) is 5.11 Å². The number of benzene rings is 1. The molecule has 0 saturated carbocycles. The van der Waals surface area contributed by atoms with Gasteiger partial charge in [0.25, 0.3) is 0 Å². The van der Waals surface area contributed by atoms with Crippen LogP contribution in [0, 0.1) is 6.92 Å². The lowest BCUT2D eigenvalue weighted by molar-refractivity contribution is 0.435. The summed E-state index contributed by atoms with van der Waals surface area (Å²) >= 11 is 0. The van der Waals surface area contributed by atoms with Gasteiger partial charge in [-0.1, -0.05) is 43.2 Å². The summed E-state index contributed by atoms with van der Waals surface area (Å²) in [6.45, 7) is 5.05. The molecule has 0 amide bonds. The van der Waals surface area contributed by atoms with Crippen LogP contribution in [0.25, 0.3) is 11.1 Å². The Labute approximate surface area is 102 Å². The molecule has 17 heavy (non-hydrogen) atoms. The molecule has 90 valence electrons. The van der Waals surface area contributed by atoms with Crippen molar-refractivity contribution in [3.63, 3.8) is 0 Å². The number of hydrogen-bond acceptors (Lipinski definition) is 2. The first kappa shape index (κ1) is 11.7. The first-order valence-electron chi connectivity index (χ1n) is 6.04. The molecule has 0 aliphatic heterocycles. The fourth-order valence-electron chi connectivity index (χ4n) is 1.78. The van der Waals surface area contributed by atoms with Gasteiger partial charge in [-0.3, -0.25) is 4.68 Å². The summed E-state index contributed by atoms with van der Waals surface area (Å²) < 4.78 is 1.81. The smallest absolute Gasteiger partial charge is 0.238 e. The molecule has 0 bridgehead atoms. The maximum atomic E-state index is 9.82. The van der Waals surface area contributed by atoms with E-state index < -0.39 is 0 Å². The molecular weight excluding hydrogens is 212 g/mol. The van der Waals surface area contributed by atoms with Gasteiger partial charge in [-0.05, 0) is 18.9 Å². The molecule has 2 rings (SSSR count). The summed E-state index contributed by atoms with van der Waals surface area (Å²) in [6, 6.07) is 8.10. The van der Waals surface area contributed by atoms with Crippen LogP contribution in [-0.2, 0) is 6.54 Å². The van der Waals surface area contributed by atoms with Crippen LogP contribution in [0.5, 0.6) is 5.88 Å². The second-order valence-corrected chi connectivity index (χ2v) is 4.35. The Kier molecular flexibility index (Phi) is 3.47. The minimum atomic E-state index is 0.116. The molecule has 1 aromatic carbocycles. The maximum Gasteiger partial charge on any atom is 0.238 e. The Morgan fingerprint density at radius 3 is 2.59 bits per heavy atom. The van der Waals surface area contributed by atoms with E-state index in [0.29, 0.717) is 0 Å². The molecular formula is C14H18N2O. The van der Waals surface area contributed by atoms with E-state index in [4.69, 9.17) is 0 Å². The average molecular weight is 230 g/mol. The Morgan fingerprint density at radius 2 is 1.94 bits per heavy atom. The summed E-state index contributed by atoms with van der Waals surface area (Å²) in [5.74, 6) is 0.116. The number of nitrogens with zero attached hydrogens (tertiary/aromatic N) is 2. The molecule has 0 radical (unpaired) electrons. The molecule has 2 aromatic rings. The van der Waals surface area contributed by atoms with Gasteiger partial charge in [-0.25, -0.2) is 0 Å². The van der Waals surface area contributed by atoms with E-state index >= 15 is 0 Å². The van der Waals surface area contributed by atoms with Crippen LogP contribution in [-0.4, -0.2) is 14.9 Å². The van der Waals surface area contributed by atoms with Gasteiger partial charge in [0.15, 0.2) is 0 Å². The molecule has 1 N–H and O–H groups in total. The molecule has 1 aromatic heterocycles. The predicted molar refractivity (Wildman–Crippen MR) is 69.0 cm³/mol. The van der Waals surface area contributed by atoms with E-state index in [1.54, 1.807) is 0 Å². The van der Waals surface area contributed by atoms with Crippen molar-refractivity contribution >= 4 is 0 Å². The third-order valence-corrected chi connectivity index (χ3v) is 2.85. The van der Waals surface area contributed by atoms with Crippen LogP contribution in [0.3, 0.4) is 0 Å². The van der Waals surface area contributed by atoms with E-state index in [2.05, 4.69) is 12.0 Å². The molecule has 0 atom stereocenters. The fraction of sp³-hybridized carbons (Fsp3) is 0.357. The summed E-state index contributed by atoms with van der Waals surface area (Å²) in [5, 5.41) is 13.9. The second-order valence-electron chi connectivity index (χ2n) is 4.35. The van der Waals surface area contributed by atoms with Gasteiger partial charge >= 0.3 is 0 Å². The zero-order chi connectivity index (χ0) is 12.3. The van der Waals surface area contributed by atoms with Crippen LogP contribution < -0.4 is 0 Å². The first-order valence-corrected chi connectivity index (χ1v) is 6.04. The number of aromatic nitrogens is 2. The highest BCUT2D eigenvalue weighted by Crippen LogP contribution is 2.27. The van der Waals surface area contributed by atoms with Crippen molar-refractivity contribution in [2.45, 2.75) is 33.2 Å². The van der Waals surface area contributed by atoms with Crippen LogP contribution >= 0.6 is 0 Å². The van der Waals surface area contributed by atoms with Crippen molar-refractivity contribution in [1.29, 1.82) is 0 Å². The highest BCUT2D eigenvalue weighted by Gasteiger charge is 2.09. The Hall–Kier alpha value is -1.77. The summed E-state index contributed by atoms with van der Waals surface area (Å²) in [7, 11) is 0. The molecule has 3 heteroatoms. The third kappa shape index (κ3) is 2.67. The van der Waals surface area contributed by atoms with Crippen LogP contribution in [0.15, 0.2) is 30.5 Å². The molecule has 0 fully saturated rings. The summed E-state index contributed by atoms with van der Waals surface area (Å²) in [5.41, 5.74) is 3.03. The maximum absolute atomic E-state index is 9.82. The van der Waals surface area contributed by atoms with E-state index in [0.717, 1.165) is 30.5 Å². The van der Waals surface area contributed by atoms with Crippen LogP contribution in [0.4, 0.5) is 0 Å². The first-order chi connectivity index (χ1) is 8.20. The van der Waals surface area contributed by atoms with Gasteiger partial charge in [-0.15, -0.1) is 5.10 Å². The van der Waals surface area contributed by atoms with Gasteiger partial charge in [0.05, 0.1) is 5.56 Å². The van der Waals surface area contributed by atoms with E-state index in [-0.39, 0.29) is 5.88 Å². The van der Waals surface area contributed by atoms with Gasteiger partial charge < -0.3 is 5.11 Å². The third-order valence-electron chi connectivity index (χ3n) is 2.85. The molecule has 1 heterocycles. The van der Waals surface area contributed by atoms with Crippen molar-refractivity contribution < 1.29 is 5.11 Å². The second kappa shape index (κ2) is 5.04. The SMILES string of the molecule is CCCCn1cc(-c2ccc(C)cc2)c(O)n1. The van der Waals surface area contributed by atoms with Crippen LogP contribution in [0.1, 0.15) is 25.3 Å². The normalized spacial score (nSPS) is 10.7. The lowest BCUT2D eigenvalue weighted by atomic mass is 10.1. The summed E-state index contributed by atoms with van der Waals surface area (Å²) in [6.07, 6.45) is 4.12. The lowest BCUT2D eigenvalue weighted by Gasteiger charge is -1.98.